The standard InChI is InChI=1S/C18H23FN4O/c1-20-17(15-9-21-22(2)12-15)18(24)23(10-13-3-4-13)11-14-5-7-16(19)8-6-14/h5-9,12-13,17,20H,3-4,10-11H2,1-2H3. The number of benzene rings is 1. The summed E-state index contributed by atoms with van der Waals surface area (Å²) in [6.07, 6.45) is 5.91. The van der Waals surface area contributed by atoms with E-state index in [1.807, 2.05) is 18.1 Å². The molecule has 1 aliphatic rings. The van der Waals surface area contributed by atoms with Crippen molar-refractivity contribution < 1.29 is 9.18 Å². The van der Waals surface area contributed by atoms with Gasteiger partial charge in [-0.2, -0.15) is 5.10 Å². The van der Waals surface area contributed by atoms with Gasteiger partial charge in [-0.1, -0.05) is 12.1 Å². The van der Waals surface area contributed by atoms with Crippen LogP contribution in [-0.2, 0) is 18.4 Å². The summed E-state index contributed by atoms with van der Waals surface area (Å²) in [4.78, 5) is 14.9. The van der Waals surface area contributed by atoms with Crippen LogP contribution in [0.5, 0.6) is 0 Å². The fourth-order valence-corrected chi connectivity index (χ4v) is 2.86. The molecule has 3 rings (SSSR count). The predicted molar refractivity (Wildman–Crippen MR) is 89.5 cm³/mol. The van der Waals surface area contributed by atoms with E-state index in [2.05, 4.69) is 10.4 Å². The van der Waals surface area contributed by atoms with Crippen molar-refractivity contribution in [1.29, 1.82) is 0 Å². The van der Waals surface area contributed by atoms with Crippen molar-refractivity contribution in [2.24, 2.45) is 13.0 Å². The largest absolute Gasteiger partial charge is 0.336 e. The van der Waals surface area contributed by atoms with Crippen LogP contribution in [0.25, 0.3) is 0 Å². The van der Waals surface area contributed by atoms with Gasteiger partial charge < -0.3 is 10.2 Å². The number of aryl methyl sites for hydroxylation is 1. The van der Waals surface area contributed by atoms with Gasteiger partial charge in [-0.15, -0.1) is 0 Å². The minimum Gasteiger partial charge on any atom is -0.336 e. The van der Waals surface area contributed by atoms with E-state index in [0.29, 0.717) is 12.5 Å². The summed E-state index contributed by atoms with van der Waals surface area (Å²) in [5.41, 5.74) is 1.79. The summed E-state index contributed by atoms with van der Waals surface area (Å²) in [6.45, 7) is 1.24. The minimum absolute atomic E-state index is 0.0294. The van der Waals surface area contributed by atoms with E-state index >= 15 is 0 Å². The van der Waals surface area contributed by atoms with E-state index in [0.717, 1.165) is 17.7 Å². The van der Waals surface area contributed by atoms with Gasteiger partial charge in [-0.05, 0) is 43.5 Å². The Morgan fingerprint density at radius 3 is 2.67 bits per heavy atom. The van der Waals surface area contributed by atoms with Crippen LogP contribution in [0.3, 0.4) is 0 Å². The fourth-order valence-electron chi connectivity index (χ4n) is 2.86. The molecule has 0 aliphatic heterocycles. The lowest BCUT2D eigenvalue weighted by atomic mass is 10.1. The van der Waals surface area contributed by atoms with E-state index in [-0.39, 0.29) is 11.7 Å². The van der Waals surface area contributed by atoms with Crippen LogP contribution in [0.4, 0.5) is 4.39 Å². The smallest absolute Gasteiger partial charge is 0.244 e. The summed E-state index contributed by atoms with van der Waals surface area (Å²) in [7, 11) is 3.62. The van der Waals surface area contributed by atoms with Crippen LogP contribution in [0.1, 0.15) is 30.0 Å². The predicted octanol–water partition coefficient (Wildman–Crippen LogP) is 2.26. The molecule has 1 fully saturated rings. The maximum absolute atomic E-state index is 13.1. The molecule has 24 heavy (non-hydrogen) atoms. The van der Waals surface area contributed by atoms with E-state index in [1.54, 1.807) is 30.1 Å². The van der Waals surface area contributed by atoms with Gasteiger partial charge in [-0.3, -0.25) is 9.48 Å². The van der Waals surface area contributed by atoms with Gasteiger partial charge in [0.1, 0.15) is 11.9 Å². The summed E-state index contributed by atoms with van der Waals surface area (Å²) in [5.74, 6) is 0.352. The molecule has 0 radical (unpaired) electrons. The van der Waals surface area contributed by atoms with Gasteiger partial charge >= 0.3 is 0 Å². The Kier molecular flexibility index (Phi) is 4.94. The Morgan fingerprint density at radius 2 is 2.12 bits per heavy atom. The summed E-state index contributed by atoms with van der Waals surface area (Å²) in [5, 5.41) is 7.25. The number of aromatic nitrogens is 2. The van der Waals surface area contributed by atoms with Crippen LogP contribution in [0.2, 0.25) is 0 Å². The van der Waals surface area contributed by atoms with Gasteiger partial charge in [-0.25, -0.2) is 4.39 Å². The molecular weight excluding hydrogens is 307 g/mol. The number of likely N-dealkylation sites (N-methyl/N-ethyl adjacent to an activating group) is 1. The van der Waals surface area contributed by atoms with E-state index in [1.165, 1.54) is 25.0 Å². The number of amides is 1. The zero-order chi connectivity index (χ0) is 17.1. The average Bonchev–Trinajstić information content (AvgIpc) is 3.29. The zero-order valence-corrected chi connectivity index (χ0v) is 14.1. The molecule has 1 heterocycles. The monoisotopic (exact) mass is 330 g/mol. The van der Waals surface area contributed by atoms with Crippen LogP contribution in [0.15, 0.2) is 36.7 Å². The average molecular weight is 330 g/mol. The number of carbonyl (C=O) groups excluding carboxylic acids is 1. The second-order valence-corrected chi connectivity index (χ2v) is 6.46. The Morgan fingerprint density at radius 1 is 1.42 bits per heavy atom. The first kappa shape index (κ1) is 16.6. The molecule has 0 bridgehead atoms. The lowest BCUT2D eigenvalue weighted by Gasteiger charge is -2.27. The maximum atomic E-state index is 13.1. The molecule has 1 saturated carbocycles. The first-order valence-electron chi connectivity index (χ1n) is 8.26. The molecule has 128 valence electrons. The van der Waals surface area contributed by atoms with E-state index in [4.69, 9.17) is 0 Å². The molecule has 1 aromatic carbocycles. The van der Waals surface area contributed by atoms with Gasteiger partial charge in [0.05, 0.1) is 6.20 Å². The Balaban J connectivity index is 1.78. The lowest BCUT2D eigenvalue weighted by Crippen LogP contribution is -2.40. The summed E-state index contributed by atoms with van der Waals surface area (Å²) in [6, 6.07) is 5.93. The topological polar surface area (TPSA) is 50.2 Å². The van der Waals surface area contributed by atoms with Crippen LogP contribution >= 0.6 is 0 Å². The molecule has 5 nitrogen and oxygen atoms in total. The molecule has 6 heteroatoms. The number of nitrogens with one attached hydrogen (secondary N) is 1. The Bertz CT molecular complexity index is 693. The highest BCUT2D eigenvalue weighted by atomic mass is 19.1. The third-order valence-electron chi connectivity index (χ3n) is 4.37. The molecular formula is C18H23FN4O. The van der Waals surface area contributed by atoms with Crippen molar-refractivity contribution in [3.63, 3.8) is 0 Å². The minimum atomic E-state index is -0.419. The van der Waals surface area contributed by atoms with Crippen molar-refractivity contribution in [2.75, 3.05) is 13.6 Å². The number of carbonyl (C=O) groups is 1. The van der Waals surface area contributed by atoms with Crippen LogP contribution < -0.4 is 5.32 Å². The molecule has 2 aromatic rings. The van der Waals surface area contributed by atoms with Crippen molar-refractivity contribution in [3.05, 3.63) is 53.6 Å². The van der Waals surface area contributed by atoms with Gasteiger partial charge in [0, 0.05) is 31.9 Å². The summed E-state index contributed by atoms with van der Waals surface area (Å²) >= 11 is 0. The normalized spacial score (nSPS) is 15.3. The molecule has 0 saturated heterocycles. The molecule has 1 unspecified atom stereocenters. The second kappa shape index (κ2) is 7.13. The molecule has 1 atom stereocenters. The number of hydrogen-bond donors (Lipinski definition) is 1. The van der Waals surface area contributed by atoms with Crippen LogP contribution in [-0.4, -0.2) is 34.2 Å². The lowest BCUT2D eigenvalue weighted by molar-refractivity contribution is -0.134. The van der Waals surface area contributed by atoms with Gasteiger partial charge in [0.15, 0.2) is 0 Å². The first-order chi connectivity index (χ1) is 11.6. The number of rotatable bonds is 7. The zero-order valence-electron chi connectivity index (χ0n) is 14.1. The highest BCUT2D eigenvalue weighted by molar-refractivity contribution is 5.83. The number of nitrogens with zero attached hydrogens (tertiary/aromatic N) is 3. The summed E-state index contributed by atoms with van der Waals surface area (Å²) < 4.78 is 14.8. The highest BCUT2D eigenvalue weighted by Crippen LogP contribution is 2.31. The van der Waals surface area contributed by atoms with E-state index in [9.17, 15) is 9.18 Å². The molecule has 1 aliphatic carbocycles. The van der Waals surface area contributed by atoms with Gasteiger partial charge in [0.2, 0.25) is 5.91 Å². The molecule has 1 aromatic heterocycles. The van der Waals surface area contributed by atoms with Crippen molar-refractivity contribution in [3.8, 4) is 0 Å². The quantitative estimate of drug-likeness (QED) is 0.847. The number of halogens is 1. The Labute approximate surface area is 141 Å². The maximum Gasteiger partial charge on any atom is 0.244 e. The fraction of sp³-hybridized carbons (Fsp3) is 0.444. The SMILES string of the molecule is CNC(C(=O)N(Cc1ccc(F)cc1)CC1CC1)c1cnn(C)c1. The molecule has 0 spiro atoms. The third-order valence-corrected chi connectivity index (χ3v) is 4.37. The van der Waals surface area contributed by atoms with E-state index < -0.39 is 6.04 Å². The second-order valence-electron chi connectivity index (χ2n) is 6.46. The van der Waals surface area contributed by atoms with Crippen molar-refractivity contribution in [2.45, 2.75) is 25.4 Å². The van der Waals surface area contributed by atoms with Crippen molar-refractivity contribution in [1.82, 2.24) is 20.0 Å². The van der Waals surface area contributed by atoms with Crippen LogP contribution in [0, 0.1) is 11.7 Å². The van der Waals surface area contributed by atoms with Gasteiger partial charge in [0.25, 0.3) is 0 Å². The van der Waals surface area contributed by atoms with Crippen molar-refractivity contribution >= 4 is 5.91 Å². The third kappa shape index (κ3) is 4.00. The molecule has 1 amide bonds. The Hall–Kier alpha value is -2.21. The highest BCUT2D eigenvalue weighted by Gasteiger charge is 2.31. The number of hydrogen-bond acceptors (Lipinski definition) is 3. The first-order valence-corrected chi connectivity index (χ1v) is 8.26. The molecule has 1 N–H and O–H groups in total.